The lowest BCUT2D eigenvalue weighted by atomic mass is 9.96. The van der Waals surface area contributed by atoms with Crippen LogP contribution in [-0.2, 0) is 10.0 Å². The summed E-state index contributed by atoms with van der Waals surface area (Å²) in [7, 11) is -2.00. The van der Waals surface area contributed by atoms with Crippen LogP contribution in [0.25, 0.3) is 0 Å². The SMILES string of the molecule is COc1ccc(Br)c(S(=O)(=O)NCCC2CCCNC2)c1.Cl. The number of rotatable bonds is 6. The van der Waals surface area contributed by atoms with Gasteiger partial charge in [0.1, 0.15) is 5.75 Å². The summed E-state index contributed by atoms with van der Waals surface area (Å²) in [5, 5.41) is 3.34. The van der Waals surface area contributed by atoms with Gasteiger partial charge in [-0.1, -0.05) is 0 Å². The molecule has 0 radical (unpaired) electrons. The number of hydrogen-bond acceptors (Lipinski definition) is 4. The highest BCUT2D eigenvalue weighted by Gasteiger charge is 2.19. The maximum absolute atomic E-state index is 12.4. The summed E-state index contributed by atoms with van der Waals surface area (Å²) in [5.74, 6) is 1.07. The third-order valence-corrected chi connectivity index (χ3v) is 6.13. The first-order valence-corrected chi connectivity index (χ1v) is 9.34. The zero-order valence-electron chi connectivity index (χ0n) is 12.5. The minimum Gasteiger partial charge on any atom is -0.497 e. The predicted octanol–water partition coefficient (Wildman–Crippen LogP) is 2.55. The fourth-order valence-corrected chi connectivity index (χ4v) is 4.49. The standard InChI is InChI=1S/C14H21BrN2O3S.ClH/c1-20-12-4-5-13(15)14(9-12)21(18,19)17-8-6-11-3-2-7-16-10-11;/h4-5,9,11,16-17H,2-3,6-8,10H2,1H3;1H. The van der Waals surface area contributed by atoms with E-state index >= 15 is 0 Å². The third-order valence-electron chi connectivity index (χ3n) is 3.67. The van der Waals surface area contributed by atoms with Crippen LogP contribution in [0.2, 0.25) is 0 Å². The van der Waals surface area contributed by atoms with Crippen molar-refractivity contribution in [3.8, 4) is 5.75 Å². The molecule has 1 aromatic rings. The molecule has 1 heterocycles. The Morgan fingerprint density at radius 2 is 2.23 bits per heavy atom. The van der Waals surface area contributed by atoms with Crippen molar-refractivity contribution >= 4 is 38.4 Å². The molecule has 1 aliphatic rings. The summed E-state index contributed by atoms with van der Waals surface area (Å²) in [5.41, 5.74) is 0. The maximum Gasteiger partial charge on any atom is 0.241 e. The van der Waals surface area contributed by atoms with Gasteiger partial charge in [-0.05, 0) is 66.3 Å². The first kappa shape index (κ1) is 19.7. The van der Waals surface area contributed by atoms with Gasteiger partial charge in [-0.15, -0.1) is 12.4 Å². The molecule has 8 heteroatoms. The average molecular weight is 414 g/mol. The number of piperidine rings is 1. The van der Waals surface area contributed by atoms with Crippen LogP contribution in [0.3, 0.4) is 0 Å². The molecule has 22 heavy (non-hydrogen) atoms. The number of sulfonamides is 1. The highest BCUT2D eigenvalue weighted by atomic mass is 79.9. The van der Waals surface area contributed by atoms with Gasteiger partial charge in [-0.25, -0.2) is 13.1 Å². The summed E-state index contributed by atoms with van der Waals surface area (Å²) in [6, 6.07) is 4.92. The number of ether oxygens (including phenoxy) is 1. The monoisotopic (exact) mass is 412 g/mol. The van der Waals surface area contributed by atoms with Crippen LogP contribution in [-0.4, -0.2) is 35.2 Å². The predicted molar refractivity (Wildman–Crippen MR) is 93.3 cm³/mol. The van der Waals surface area contributed by atoms with Gasteiger partial charge >= 0.3 is 0 Å². The van der Waals surface area contributed by atoms with Gasteiger partial charge in [0.15, 0.2) is 0 Å². The molecule has 2 N–H and O–H groups in total. The number of hydrogen-bond donors (Lipinski definition) is 2. The van der Waals surface area contributed by atoms with Gasteiger partial charge in [0.05, 0.1) is 12.0 Å². The van der Waals surface area contributed by atoms with E-state index in [4.69, 9.17) is 4.74 Å². The van der Waals surface area contributed by atoms with Gasteiger partial charge < -0.3 is 10.1 Å². The van der Waals surface area contributed by atoms with Gasteiger partial charge in [-0.3, -0.25) is 0 Å². The Morgan fingerprint density at radius 1 is 1.45 bits per heavy atom. The Balaban J connectivity index is 0.00000242. The molecule has 0 saturated carbocycles. The highest BCUT2D eigenvalue weighted by molar-refractivity contribution is 9.10. The van der Waals surface area contributed by atoms with E-state index in [1.165, 1.54) is 19.6 Å². The van der Waals surface area contributed by atoms with Crippen molar-refractivity contribution in [1.29, 1.82) is 0 Å². The molecule has 0 bridgehead atoms. The van der Waals surface area contributed by atoms with E-state index in [0.29, 0.717) is 22.7 Å². The van der Waals surface area contributed by atoms with Crippen molar-refractivity contribution in [2.75, 3.05) is 26.7 Å². The quantitative estimate of drug-likeness (QED) is 0.752. The van der Waals surface area contributed by atoms with Crippen LogP contribution in [0.15, 0.2) is 27.6 Å². The summed E-state index contributed by atoms with van der Waals surface area (Å²) in [4.78, 5) is 0.212. The zero-order valence-corrected chi connectivity index (χ0v) is 15.7. The Hall–Kier alpha value is -0.340. The minimum atomic E-state index is -3.52. The first-order chi connectivity index (χ1) is 10.0. The van der Waals surface area contributed by atoms with E-state index in [2.05, 4.69) is 26.0 Å². The van der Waals surface area contributed by atoms with E-state index in [1.807, 2.05) is 0 Å². The Morgan fingerprint density at radius 3 is 2.86 bits per heavy atom. The first-order valence-electron chi connectivity index (χ1n) is 7.07. The normalized spacial score (nSPS) is 18.5. The van der Waals surface area contributed by atoms with Crippen molar-refractivity contribution in [2.24, 2.45) is 5.92 Å². The molecule has 1 unspecified atom stereocenters. The molecule has 1 aliphatic heterocycles. The molecular formula is C14H22BrClN2O3S. The molecule has 0 amide bonds. The molecule has 2 rings (SSSR count). The topological polar surface area (TPSA) is 67.4 Å². The number of halogens is 2. The molecule has 1 aromatic carbocycles. The smallest absolute Gasteiger partial charge is 0.241 e. The summed E-state index contributed by atoms with van der Waals surface area (Å²) in [6.07, 6.45) is 3.18. The lowest BCUT2D eigenvalue weighted by Gasteiger charge is -2.22. The molecular weight excluding hydrogens is 392 g/mol. The summed E-state index contributed by atoms with van der Waals surface area (Å²) in [6.45, 7) is 2.50. The largest absolute Gasteiger partial charge is 0.497 e. The van der Waals surface area contributed by atoms with Crippen molar-refractivity contribution in [3.05, 3.63) is 22.7 Å². The number of benzene rings is 1. The molecule has 1 atom stereocenters. The maximum atomic E-state index is 12.4. The minimum absolute atomic E-state index is 0. The third kappa shape index (κ3) is 5.38. The van der Waals surface area contributed by atoms with Crippen LogP contribution in [0.5, 0.6) is 5.75 Å². The van der Waals surface area contributed by atoms with Crippen LogP contribution >= 0.6 is 28.3 Å². The zero-order chi connectivity index (χ0) is 15.3. The molecule has 0 spiro atoms. The molecule has 0 aliphatic carbocycles. The Bertz CT molecular complexity index is 577. The van der Waals surface area contributed by atoms with E-state index in [9.17, 15) is 8.42 Å². The van der Waals surface area contributed by atoms with Crippen LogP contribution in [0, 0.1) is 5.92 Å². The van der Waals surface area contributed by atoms with Gasteiger partial charge in [-0.2, -0.15) is 0 Å². The van der Waals surface area contributed by atoms with E-state index < -0.39 is 10.0 Å². The second-order valence-electron chi connectivity index (χ2n) is 5.20. The second-order valence-corrected chi connectivity index (χ2v) is 7.78. The van der Waals surface area contributed by atoms with E-state index in [0.717, 1.165) is 25.9 Å². The lowest BCUT2D eigenvalue weighted by Crippen LogP contribution is -2.33. The molecule has 1 fully saturated rings. The van der Waals surface area contributed by atoms with Gasteiger partial charge in [0.25, 0.3) is 0 Å². The van der Waals surface area contributed by atoms with Crippen LogP contribution < -0.4 is 14.8 Å². The van der Waals surface area contributed by atoms with Gasteiger partial charge in [0.2, 0.25) is 10.0 Å². The average Bonchev–Trinajstić information content (AvgIpc) is 2.48. The molecule has 5 nitrogen and oxygen atoms in total. The number of methoxy groups -OCH3 is 1. The summed E-state index contributed by atoms with van der Waals surface area (Å²) >= 11 is 3.28. The fourth-order valence-electron chi connectivity index (χ4n) is 2.46. The van der Waals surface area contributed by atoms with Crippen molar-refractivity contribution in [1.82, 2.24) is 10.0 Å². The van der Waals surface area contributed by atoms with E-state index in [1.54, 1.807) is 12.1 Å². The van der Waals surface area contributed by atoms with Crippen molar-refractivity contribution in [2.45, 2.75) is 24.2 Å². The Kier molecular flexibility index (Phi) is 8.13. The van der Waals surface area contributed by atoms with Crippen LogP contribution in [0.4, 0.5) is 0 Å². The highest BCUT2D eigenvalue weighted by Crippen LogP contribution is 2.26. The number of nitrogens with one attached hydrogen (secondary N) is 2. The fraction of sp³-hybridized carbons (Fsp3) is 0.571. The summed E-state index contributed by atoms with van der Waals surface area (Å²) < 4.78 is 33.0. The molecule has 0 aromatic heterocycles. The lowest BCUT2D eigenvalue weighted by molar-refractivity contribution is 0.358. The van der Waals surface area contributed by atoms with Crippen molar-refractivity contribution in [3.63, 3.8) is 0 Å². The Labute approximate surface area is 146 Å². The van der Waals surface area contributed by atoms with Gasteiger partial charge in [0, 0.05) is 17.1 Å². The van der Waals surface area contributed by atoms with Crippen LogP contribution in [0.1, 0.15) is 19.3 Å². The molecule has 126 valence electrons. The molecule has 1 saturated heterocycles. The second kappa shape index (κ2) is 9.08. The van der Waals surface area contributed by atoms with E-state index in [-0.39, 0.29) is 17.3 Å². The van der Waals surface area contributed by atoms with Crippen molar-refractivity contribution < 1.29 is 13.2 Å².